The van der Waals surface area contributed by atoms with Gasteiger partial charge in [-0.15, -0.1) is 15.0 Å². The molecule has 2 N–H and O–H groups in total. The number of benzene rings is 2. The normalized spacial score (nSPS) is 11.1. The molecule has 96 valence electrons. The number of aromatic hydroxyl groups is 2. The highest BCUT2D eigenvalue weighted by Crippen LogP contribution is 2.26. The number of nitrogens with zero attached hydrogens (tertiary/aromatic N) is 3. The van der Waals surface area contributed by atoms with Gasteiger partial charge < -0.3 is 10.2 Å². The van der Waals surface area contributed by atoms with Gasteiger partial charge in [0.1, 0.15) is 28.2 Å². The molecule has 0 spiro atoms. The molecule has 0 saturated carbocycles. The first-order valence-corrected chi connectivity index (χ1v) is 5.91. The van der Waals surface area contributed by atoms with Gasteiger partial charge in [0.25, 0.3) is 0 Å². The lowest BCUT2D eigenvalue weighted by molar-refractivity contribution is 0.454. The van der Waals surface area contributed by atoms with Gasteiger partial charge in [0.15, 0.2) is 0 Å². The van der Waals surface area contributed by atoms with E-state index in [0.717, 1.165) is 22.2 Å². The van der Waals surface area contributed by atoms with Gasteiger partial charge in [-0.25, -0.2) is 0 Å². The number of phenolic OH excluding ortho intramolecular Hbond substituents is 2. The number of phenols is 2. The Morgan fingerprint density at radius 1 is 1.00 bits per heavy atom. The molecule has 1 aromatic heterocycles. The van der Waals surface area contributed by atoms with Gasteiger partial charge in [-0.2, -0.15) is 0 Å². The second kappa shape index (κ2) is 3.98. The van der Waals surface area contributed by atoms with Gasteiger partial charge in [0, 0.05) is 6.07 Å². The Bertz CT molecular complexity index is 778. The van der Waals surface area contributed by atoms with Crippen LogP contribution in [0.15, 0.2) is 30.3 Å². The summed E-state index contributed by atoms with van der Waals surface area (Å²) in [5, 5.41) is 28.0. The van der Waals surface area contributed by atoms with Crippen molar-refractivity contribution in [2.45, 2.75) is 13.8 Å². The zero-order chi connectivity index (χ0) is 13.6. The van der Waals surface area contributed by atoms with Crippen molar-refractivity contribution >= 4 is 11.0 Å². The molecule has 19 heavy (non-hydrogen) atoms. The first kappa shape index (κ1) is 11.5. The van der Waals surface area contributed by atoms with E-state index in [0.29, 0.717) is 5.69 Å². The molecule has 0 unspecified atom stereocenters. The van der Waals surface area contributed by atoms with Crippen LogP contribution in [-0.2, 0) is 0 Å². The molecule has 0 aliphatic rings. The van der Waals surface area contributed by atoms with Crippen molar-refractivity contribution in [2.24, 2.45) is 0 Å². The predicted octanol–water partition coefficient (Wildman–Crippen LogP) is 2.45. The maximum absolute atomic E-state index is 9.83. The summed E-state index contributed by atoms with van der Waals surface area (Å²) in [7, 11) is 0. The van der Waals surface area contributed by atoms with E-state index in [4.69, 9.17) is 0 Å². The van der Waals surface area contributed by atoms with Gasteiger partial charge >= 0.3 is 0 Å². The lowest BCUT2D eigenvalue weighted by Crippen LogP contribution is -1.98. The van der Waals surface area contributed by atoms with Gasteiger partial charge in [0.05, 0.1) is 0 Å². The SMILES string of the molecule is Cc1cc(C)c2nn(-c3cc(O)ccc3O)nc2c1. The minimum Gasteiger partial charge on any atom is -0.508 e. The Labute approximate surface area is 109 Å². The Morgan fingerprint density at radius 3 is 2.58 bits per heavy atom. The largest absolute Gasteiger partial charge is 0.508 e. The highest BCUT2D eigenvalue weighted by atomic mass is 16.3. The summed E-state index contributed by atoms with van der Waals surface area (Å²) in [6.45, 7) is 3.97. The first-order valence-electron chi connectivity index (χ1n) is 5.91. The fourth-order valence-corrected chi connectivity index (χ4v) is 2.14. The Balaban J connectivity index is 2.26. The van der Waals surface area contributed by atoms with Crippen LogP contribution < -0.4 is 0 Å². The van der Waals surface area contributed by atoms with Crippen molar-refractivity contribution in [1.29, 1.82) is 0 Å². The maximum atomic E-state index is 9.83. The molecule has 0 saturated heterocycles. The molecule has 2 aromatic carbocycles. The van der Waals surface area contributed by atoms with Crippen molar-refractivity contribution < 1.29 is 10.2 Å². The molecular formula is C14H13N3O2. The zero-order valence-electron chi connectivity index (χ0n) is 10.6. The lowest BCUT2D eigenvalue weighted by Gasteiger charge is -2.02. The predicted molar refractivity (Wildman–Crippen MR) is 71.7 cm³/mol. The molecule has 1 heterocycles. The third-order valence-corrected chi connectivity index (χ3v) is 3.00. The molecule has 0 fully saturated rings. The minimum atomic E-state index is 0.0208. The third kappa shape index (κ3) is 1.89. The van der Waals surface area contributed by atoms with Crippen LogP contribution in [0.2, 0.25) is 0 Å². The number of rotatable bonds is 1. The smallest absolute Gasteiger partial charge is 0.143 e. The summed E-state index contributed by atoms with van der Waals surface area (Å²) in [5.74, 6) is 0.0783. The summed E-state index contributed by atoms with van der Waals surface area (Å²) in [6, 6.07) is 8.22. The molecule has 0 aliphatic carbocycles. The Hall–Kier alpha value is -2.56. The van der Waals surface area contributed by atoms with Crippen LogP contribution in [0.4, 0.5) is 0 Å². The topological polar surface area (TPSA) is 71.2 Å². The van der Waals surface area contributed by atoms with Gasteiger partial charge in [-0.05, 0) is 43.2 Å². The van der Waals surface area contributed by atoms with Crippen LogP contribution >= 0.6 is 0 Å². The van der Waals surface area contributed by atoms with E-state index < -0.39 is 0 Å². The van der Waals surface area contributed by atoms with Gasteiger partial charge in [0.2, 0.25) is 0 Å². The zero-order valence-corrected chi connectivity index (χ0v) is 10.6. The number of hydrogen-bond donors (Lipinski definition) is 2. The van der Waals surface area contributed by atoms with E-state index in [1.54, 1.807) is 0 Å². The second-order valence-electron chi connectivity index (χ2n) is 4.61. The van der Waals surface area contributed by atoms with E-state index in [-0.39, 0.29) is 11.5 Å². The van der Waals surface area contributed by atoms with Crippen molar-refractivity contribution in [1.82, 2.24) is 15.0 Å². The number of aromatic nitrogens is 3. The van der Waals surface area contributed by atoms with E-state index in [1.807, 2.05) is 26.0 Å². The third-order valence-electron chi connectivity index (χ3n) is 3.00. The van der Waals surface area contributed by atoms with Crippen LogP contribution in [0.3, 0.4) is 0 Å². The summed E-state index contributed by atoms with van der Waals surface area (Å²) in [6.07, 6.45) is 0. The van der Waals surface area contributed by atoms with Crippen LogP contribution in [0.25, 0.3) is 16.7 Å². The number of fused-ring (bicyclic) bond motifs is 1. The molecule has 0 amide bonds. The summed E-state index contributed by atoms with van der Waals surface area (Å²) < 4.78 is 0. The monoisotopic (exact) mass is 255 g/mol. The molecule has 5 heteroatoms. The van der Waals surface area contributed by atoms with Crippen molar-refractivity contribution in [3.8, 4) is 17.2 Å². The van der Waals surface area contributed by atoms with Crippen molar-refractivity contribution in [2.75, 3.05) is 0 Å². The molecular weight excluding hydrogens is 242 g/mol. The molecule has 5 nitrogen and oxygen atoms in total. The van der Waals surface area contributed by atoms with Gasteiger partial charge in [-0.3, -0.25) is 0 Å². The van der Waals surface area contributed by atoms with E-state index in [1.165, 1.54) is 23.0 Å². The molecule has 3 rings (SSSR count). The van der Waals surface area contributed by atoms with Crippen LogP contribution in [0.1, 0.15) is 11.1 Å². The van der Waals surface area contributed by atoms with Crippen LogP contribution in [0, 0.1) is 13.8 Å². The highest BCUT2D eigenvalue weighted by molar-refractivity contribution is 5.78. The molecule has 0 bridgehead atoms. The second-order valence-corrected chi connectivity index (χ2v) is 4.61. The summed E-state index contributed by atoms with van der Waals surface area (Å²) >= 11 is 0. The maximum Gasteiger partial charge on any atom is 0.143 e. The van der Waals surface area contributed by atoms with E-state index in [9.17, 15) is 10.2 Å². The Kier molecular flexibility index (Phi) is 2.41. The summed E-state index contributed by atoms with van der Waals surface area (Å²) in [4.78, 5) is 1.34. The lowest BCUT2D eigenvalue weighted by atomic mass is 10.1. The van der Waals surface area contributed by atoms with Crippen LogP contribution in [-0.4, -0.2) is 25.2 Å². The molecule has 3 aromatic rings. The van der Waals surface area contributed by atoms with E-state index >= 15 is 0 Å². The molecule has 0 atom stereocenters. The average Bonchev–Trinajstić information content (AvgIpc) is 2.76. The standard InChI is InChI=1S/C14H13N3O2/c1-8-5-9(2)14-11(6-8)15-17(16-14)12-7-10(18)3-4-13(12)19/h3-7,18-19H,1-2H3. The average molecular weight is 255 g/mol. The Morgan fingerprint density at radius 2 is 1.79 bits per heavy atom. The van der Waals surface area contributed by atoms with Crippen LogP contribution in [0.5, 0.6) is 11.5 Å². The van der Waals surface area contributed by atoms with E-state index in [2.05, 4.69) is 10.2 Å². The number of hydrogen-bond acceptors (Lipinski definition) is 4. The summed E-state index contributed by atoms with van der Waals surface area (Å²) in [5.41, 5.74) is 4.04. The number of aryl methyl sites for hydroxylation is 2. The minimum absolute atomic E-state index is 0.0208. The van der Waals surface area contributed by atoms with Crippen molar-refractivity contribution in [3.05, 3.63) is 41.5 Å². The quantitative estimate of drug-likeness (QED) is 0.655. The highest BCUT2D eigenvalue weighted by Gasteiger charge is 2.11. The fourth-order valence-electron chi connectivity index (χ4n) is 2.14. The van der Waals surface area contributed by atoms with Gasteiger partial charge in [-0.1, -0.05) is 6.07 Å². The van der Waals surface area contributed by atoms with Crippen molar-refractivity contribution in [3.63, 3.8) is 0 Å². The first-order chi connectivity index (χ1) is 9.04. The fraction of sp³-hybridized carbons (Fsp3) is 0.143. The molecule has 0 aliphatic heterocycles. The molecule has 0 radical (unpaired) electrons.